The van der Waals surface area contributed by atoms with Crippen LogP contribution in [0.2, 0.25) is 0 Å². The normalized spacial score (nSPS) is 16.0. The average molecular weight is 390 g/mol. The van der Waals surface area contributed by atoms with E-state index in [0.717, 1.165) is 11.1 Å². The van der Waals surface area contributed by atoms with Gasteiger partial charge in [0.25, 0.3) is 5.91 Å². The van der Waals surface area contributed by atoms with Gasteiger partial charge in [0.1, 0.15) is 5.04 Å². The van der Waals surface area contributed by atoms with Gasteiger partial charge in [-0.05, 0) is 46.6 Å². The third-order valence-corrected chi connectivity index (χ3v) is 4.92. The van der Waals surface area contributed by atoms with E-state index in [1.807, 2.05) is 31.2 Å². The molecule has 2 N–H and O–H groups in total. The van der Waals surface area contributed by atoms with E-state index in [9.17, 15) is 15.0 Å². The maximum absolute atomic E-state index is 12.1. The molecule has 2 aromatic rings. The predicted octanol–water partition coefficient (Wildman–Crippen LogP) is 4.23. The highest BCUT2D eigenvalue weighted by atomic mass is 79.9. The van der Waals surface area contributed by atoms with Crippen LogP contribution in [0.5, 0.6) is 11.5 Å². The summed E-state index contributed by atoms with van der Waals surface area (Å²) in [6.45, 7) is 2.00. The first kappa shape index (κ1) is 15.8. The van der Waals surface area contributed by atoms with E-state index in [1.54, 1.807) is 12.1 Å². The van der Waals surface area contributed by atoms with Crippen LogP contribution in [0.1, 0.15) is 16.7 Å². The highest BCUT2D eigenvalue weighted by Gasteiger charge is 2.23. The molecular formula is C17H12BrNO3S. The lowest BCUT2D eigenvalue weighted by molar-refractivity contribution is -0.113. The molecule has 1 aliphatic heterocycles. The van der Waals surface area contributed by atoms with Crippen molar-refractivity contribution in [3.05, 3.63) is 62.5 Å². The third kappa shape index (κ3) is 3.33. The molecule has 0 atom stereocenters. The molecule has 23 heavy (non-hydrogen) atoms. The maximum atomic E-state index is 12.1. The van der Waals surface area contributed by atoms with Gasteiger partial charge in [0.15, 0.2) is 11.5 Å². The van der Waals surface area contributed by atoms with Gasteiger partial charge in [0.05, 0.1) is 9.38 Å². The fraction of sp³-hybridized carbons (Fsp3) is 0.0588. The van der Waals surface area contributed by atoms with Gasteiger partial charge in [-0.25, -0.2) is 4.99 Å². The molecule has 0 saturated carbocycles. The van der Waals surface area contributed by atoms with Crippen LogP contribution in [0, 0.1) is 6.92 Å². The number of halogens is 1. The average Bonchev–Trinajstić information content (AvgIpc) is 2.86. The molecule has 116 valence electrons. The number of rotatable bonds is 2. The van der Waals surface area contributed by atoms with E-state index in [1.165, 1.54) is 17.8 Å². The van der Waals surface area contributed by atoms with Crippen LogP contribution >= 0.6 is 27.7 Å². The van der Waals surface area contributed by atoms with Gasteiger partial charge in [-0.15, -0.1) is 0 Å². The van der Waals surface area contributed by atoms with Gasteiger partial charge in [0, 0.05) is 5.56 Å². The zero-order valence-corrected chi connectivity index (χ0v) is 14.5. The maximum Gasteiger partial charge on any atom is 0.284 e. The van der Waals surface area contributed by atoms with Crippen molar-refractivity contribution in [3.8, 4) is 11.5 Å². The number of carbonyl (C=O) groups is 1. The highest BCUT2D eigenvalue weighted by molar-refractivity contribution is 9.10. The van der Waals surface area contributed by atoms with Crippen LogP contribution < -0.4 is 0 Å². The molecular weight excluding hydrogens is 378 g/mol. The first-order chi connectivity index (χ1) is 10.9. The van der Waals surface area contributed by atoms with Crippen molar-refractivity contribution in [2.24, 2.45) is 4.99 Å². The first-order valence-corrected chi connectivity index (χ1v) is 8.36. The van der Waals surface area contributed by atoms with E-state index in [0.29, 0.717) is 20.0 Å². The van der Waals surface area contributed by atoms with E-state index in [2.05, 4.69) is 20.9 Å². The number of phenols is 2. The number of hydrogen-bond donors (Lipinski definition) is 2. The van der Waals surface area contributed by atoms with Crippen LogP contribution in [0.3, 0.4) is 0 Å². The molecule has 2 aromatic carbocycles. The van der Waals surface area contributed by atoms with Crippen molar-refractivity contribution in [3.63, 3.8) is 0 Å². The van der Waals surface area contributed by atoms with Gasteiger partial charge in [-0.2, -0.15) is 0 Å². The number of aliphatic imine (C=N–C) groups is 1. The lowest BCUT2D eigenvalue weighted by Crippen LogP contribution is -1.90. The van der Waals surface area contributed by atoms with Gasteiger partial charge in [-0.1, -0.05) is 41.6 Å². The minimum Gasteiger partial charge on any atom is -0.504 e. The summed E-state index contributed by atoms with van der Waals surface area (Å²) in [4.78, 5) is 16.6. The van der Waals surface area contributed by atoms with Crippen LogP contribution in [0.4, 0.5) is 0 Å². The molecule has 0 saturated heterocycles. The molecule has 0 aliphatic carbocycles. The standard InChI is InChI=1S/C17H12BrNO3S/c1-9-2-4-11(5-3-9)17-19-16(22)14(23-17)8-10-6-12(18)15(21)13(20)7-10/h2-8,20-21H,1H3. The Morgan fingerprint density at radius 1 is 1.17 bits per heavy atom. The smallest absolute Gasteiger partial charge is 0.284 e. The number of benzene rings is 2. The molecule has 0 radical (unpaired) electrons. The van der Waals surface area contributed by atoms with Crippen molar-refractivity contribution in [2.75, 3.05) is 0 Å². The summed E-state index contributed by atoms with van der Waals surface area (Å²) in [6, 6.07) is 10.8. The largest absolute Gasteiger partial charge is 0.504 e. The number of carbonyl (C=O) groups excluding carboxylic acids is 1. The third-order valence-electron chi connectivity index (χ3n) is 3.28. The van der Waals surface area contributed by atoms with E-state index in [-0.39, 0.29) is 17.4 Å². The van der Waals surface area contributed by atoms with E-state index >= 15 is 0 Å². The van der Waals surface area contributed by atoms with Gasteiger partial charge < -0.3 is 10.2 Å². The molecule has 4 nitrogen and oxygen atoms in total. The Balaban J connectivity index is 1.89. The summed E-state index contributed by atoms with van der Waals surface area (Å²) in [6.07, 6.45) is 1.64. The summed E-state index contributed by atoms with van der Waals surface area (Å²) >= 11 is 4.45. The Labute approximate surface area is 145 Å². The van der Waals surface area contributed by atoms with Crippen LogP contribution in [-0.4, -0.2) is 21.2 Å². The zero-order chi connectivity index (χ0) is 16.6. The predicted molar refractivity (Wildman–Crippen MR) is 95.8 cm³/mol. The summed E-state index contributed by atoms with van der Waals surface area (Å²) in [5, 5.41) is 19.8. The van der Waals surface area contributed by atoms with Gasteiger partial charge in [-0.3, -0.25) is 4.79 Å². The lowest BCUT2D eigenvalue weighted by atomic mass is 10.2. The van der Waals surface area contributed by atoms with Crippen molar-refractivity contribution < 1.29 is 15.0 Å². The van der Waals surface area contributed by atoms with Gasteiger partial charge >= 0.3 is 0 Å². The molecule has 6 heteroatoms. The summed E-state index contributed by atoms with van der Waals surface area (Å²) in [5.74, 6) is -0.787. The summed E-state index contributed by atoms with van der Waals surface area (Å²) in [5.41, 5.74) is 2.64. The highest BCUT2D eigenvalue weighted by Crippen LogP contribution is 2.37. The number of amides is 1. The molecule has 0 bridgehead atoms. The number of aryl methyl sites for hydroxylation is 1. The van der Waals surface area contributed by atoms with Crippen LogP contribution in [0.15, 0.2) is 50.8 Å². The Morgan fingerprint density at radius 2 is 1.87 bits per heavy atom. The minimum atomic E-state index is -0.311. The number of aromatic hydroxyl groups is 2. The number of phenolic OH excluding ortho intramolecular Hbond substituents is 2. The second-order valence-electron chi connectivity index (χ2n) is 5.07. The summed E-state index contributed by atoms with van der Waals surface area (Å²) < 4.78 is 0.361. The molecule has 0 aromatic heterocycles. The quantitative estimate of drug-likeness (QED) is 0.595. The molecule has 0 unspecified atom stereocenters. The van der Waals surface area contributed by atoms with Crippen LogP contribution in [-0.2, 0) is 4.79 Å². The minimum absolute atomic E-state index is 0.228. The Morgan fingerprint density at radius 3 is 2.52 bits per heavy atom. The molecule has 1 amide bonds. The molecule has 3 rings (SSSR count). The lowest BCUT2D eigenvalue weighted by Gasteiger charge is -2.03. The van der Waals surface area contributed by atoms with Crippen molar-refractivity contribution >= 4 is 44.7 Å². The monoisotopic (exact) mass is 389 g/mol. The Bertz CT molecular complexity index is 834. The zero-order valence-electron chi connectivity index (χ0n) is 12.1. The molecule has 0 fully saturated rings. The van der Waals surface area contributed by atoms with Gasteiger partial charge in [0.2, 0.25) is 0 Å². The van der Waals surface area contributed by atoms with E-state index in [4.69, 9.17) is 0 Å². The molecule has 0 spiro atoms. The molecule has 1 aliphatic rings. The first-order valence-electron chi connectivity index (χ1n) is 6.75. The molecule has 1 heterocycles. The van der Waals surface area contributed by atoms with Crippen LogP contribution in [0.25, 0.3) is 6.08 Å². The number of hydrogen-bond acceptors (Lipinski definition) is 4. The number of nitrogens with zero attached hydrogens (tertiary/aromatic N) is 1. The summed E-state index contributed by atoms with van der Waals surface area (Å²) in [7, 11) is 0. The Hall–Kier alpha value is -2.05. The fourth-order valence-electron chi connectivity index (χ4n) is 2.07. The fourth-order valence-corrected chi connectivity index (χ4v) is 3.45. The number of thioether (sulfide) groups is 1. The SMILES string of the molecule is Cc1ccc(C2=NC(=O)C(=Cc3cc(O)c(O)c(Br)c3)S2)cc1. The van der Waals surface area contributed by atoms with E-state index < -0.39 is 0 Å². The van der Waals surface area contributed by atoms with Crippen molar-refractivity contribution in [2.45, 2.75) is 6.92 Å². The van der Waals surface area contributed by atoms with Crippen molar-refractivity contribution in [1.82, 2.24) is 0 Å². The Kier molecular flexibility index (Phi) is 4.28. The second kappa shape index (κ2) is 6.22. The topological polar surface area (TPSA) is 69.9 Å². The van der Waals surface area contributed by atoms with Crippen molar-refractivity contribution in [1.29, 1.82) is 0 Å². The second-order valence-corrected chi connectivity index (χ2v) is 6.95.